The Labute approximate surface area is 138 Å². The van der Waals surface area contributed by atoms with E-state index < -0.39 is 18.0 Å². The molecule has 24 heavy (non-hydrogen) atoms. The van der Waals surface area contributed by atoms with E-state index in [0.717, 1.165) is 18.4 Å². The number of ketones is 1. The number of amides is 1. The molecule has 2 atom stereocenters. The molecule has 2 unspecified atom stereocenters. The van der Waals surface area contributed by atoms with E-state index in [0.29, 0.717) is 30.5 Å². The van der Waals surface area contributed by atoms with E-state index in [4.69, 9.17) is 0 Å². The van der Waals surface area contributed by atoms with Crippen LogP contribution in [0.1, 0.15) is 54.4 Å². The van der Waals surface area contributed by atoms with Crippen molar-refractivity contribution in [1.82, 2.24) is 0 Å². The molecule has 2 aliphatic carbocycles. The minimum absolute atomic E-state index is 0.0575. The molecule has 0 aromatic heterocycles. The van der Waals surface area contributed by atoms with E-state index in [2.05, 4.69) is 5.32 Å². The monoisotopic (exact) mass is 339 g/mol. The van der Waals surface area contributed by atoms with Gasteiger partial charge in [0.25, 0.3) is 0 Å². The van der Waals surface area contributed by atoms with E-state index >= 15 is 0 Å². The van der Waals surface area contributed by atoms with Crippen LogP contribution in [0.5, 0.6) is 0 Å². The number of hydrogen-bond donors (Lipinski definition) is 1. The Bertz CT molecular complexity index is 654. The van der Waals surface area contributed by atoms with Gasteiger partial charge >= 0.3 is 6.18 Å². The Morgan fingerprint density at radius 3 is 2.67 bits per heavy atom. The van der Waals surface area contributed by atoms with E-state index in [1.807, 2.05) is 6.07 Å². The molecule has 1 amide bonds. The van der Waals surface area contributed by atoms with E-state index in [9.17, 15) is 22.8 Å². The van der Waals surface area contributed by atoms with Crippen molar-refractivity contribution >= 4 is 17.4 Å². The average molecular weight is 339 g/mol. The van der Waals surface area contributed by atoms with Gasteiger partial charge in [-0.3, -0.25) is 9.59 Å². The van der Waals surface area contributed by atoms with Gasteiger partial charge in [0.15, 0.2) is 5.78 Å². The first-order valence-corrected chi connectivity index (χ1v) is 8.38. The van der Waals surface area contributed by atoms with Crippen molar-refractivity contribution in [1.29, 1.82) is 0 Å². The number of fused-ring (bicyclic) bond motifs is 1. The highest BCUT2D eigenvalue weighted by molar-refractivity contribution is 6.00. The number of halogens is 3. The lowest BCUT2D eigenvalue weighted by atomic mass is 9.80. The molecule has 0 radical (unpaired) electrons. The summed E-state index contributed by atoms with van der Waals surface area (Å²) in [6, 6.07) is 5.19. The van der Waals surface area contributed by atoms with Crippen LogP contribution in [-0.2, 0) is 11.2 Å². The molecule has 2 aliphatic rings. The fraction of sp³-hybridized carbons (Fsp3) is 0.556. The SMILES string of the molecule is O=C1CCCc2ccc(NC(=O)C3CCCC(C(F)(F)F)C3)cc21. The minimum Gasteiger partial charge on any atom is -0.326 e. The van der Waals surface area contributed by atoms with Crippen LogP contribution in [0.25, 0.3) is 0 Å². The number of hydrogen-bond acceptors (Lipinski definition) is 2. The number of benzene rings is 1. The Morgan fingerprint density at radius 1 is 1.12 bits per heavy atom. The molecule has 0 heterocycles. The Balaban J connectivity index is 1.69. The van der Waals surface area contributed by atoms with Crippen molar-refractivity contribution in [3.63, 3.8) is 0 Å². The highest BCUT2D eigenvalue weighted by atomic mass is 19.4. The van der Waals surface area contributed by atoms with Gasteiger partial charge in [-0.25, -0.2) is 0 Å². The third-order valence-electron chi connectivity index (χ3n) is 5.04. The number of rotatable bonds is 2. The number of Topliss-reactive ketones (excluding diaryl/α,β-unsaturated/α-hetero) is 1. The Kier molecular flexibility index (Phi) is 4.65. The molecule has 0 spiro atoms. The van der Waals surface area contributed by atoms with E-state index in [1.165, 1.54) is 0 Å². The van der Waals surface area contributed by atoms with Crippen molar-refractivity contribution in [2.24, 2.45) is 11.8 Å². The molecule has 3 nitrogen and oxygen atoms in total. The van der Waals surface area contributed by atoms with Crippen LogP contribution in [0.4, 0.5) is 18.9 Å². The summed E-state index contributed by atoms with van der Waals surface area (Å²) in [6.07, 6.45) is -1.24. The molecule has 3 rings (SSSR count). The van der Waals surface area contributed by atoms with Gasteiger partial charge in [-0.1, -0.05) is 12.5 Å². The van der Waals surface area contributed by atoms with Gasteiger partial charge in [0.05, 0.1) is 5.92 Å². The van der Waals surface area contributed by atoms with Gasteiger partial charge in [0.1, 0.15) is 0 Å². The van der Waals surface area contributed by atoms with Gasteiger partial charge in [-0.15, -0.1) is 0 Å². The zero-order valence-electron chi connectivity index (χ0n) is 13.3. The minimum atomic E-state index is -4.24. The number of carbonyl (C=O) groups excluding carboxylic acids is 2. The van der Waals surface area contributed by atoms with Crippen molar-refractivity contribution in [2.75, 3.05) is 5.32 Å². The molecule has 6 heteroatoms. The Hall–Kier alpha value is -1.85. The van der Waals surface area contributed by atoms with Crippen LogP contribution in [0, 0.1) is 11.8 Å². The summed E-state index contributed by atoms with van der Waals surface area (Å²) in [5, 5.41) is 2.70. The highest BCUT2D eigenvalue weighted by Crippen LogP contribution is 2.40. The number of carbonyl (C=O) groups is 2. The van der Waals surface area contributed by atoms with Crippen LogP contribution in [0.3, 0.4) is 0 Å². The molecular weight excluding hydrogens is 319 g/mol. The third kappa shape index (κ3) is 3.62. The summed E-state index contributed by atoms with van der Waals surface area (Å²) >= 11 is 0. The van der Waals surface area contributed by atoms with Gasteiger partial charge in [-0.2, -0.15) is 13.2 Å². The van der Waals surface area contributed by atoms with Crippen LogP contribution >= 0.6 is 0 Å². The summed E-state index contributed by atoms with van der Waals surface area (Å²) in [5.41, 5.74) is 2.08. The van der Waals surface area contributed by atoms with Gasteiger partial charge < -0.3 is 5.32 Å². The molecular formula is C18H20F3NO2. The molecule has 1 aromatic rings. The largest absolute Gasteiger partial charge is 0.391 e. The second-order valence-electron chi connectivity index (χ2n) is 6.74. The lowest BCUT2D eigenvalue weighted by Crippen LogP contribution is -2.34. The fourth-order valence-corrected chi connectivity index (χ4v) is 3.68. The van der Waals surface area contributed by atoms with Gasteiger partial charge in [0.2, 0.25) is 5.91 Å². The first kappa shape index (κ1) is 17.0. The molecule has 0 bridgehead atoms. The maximum absolute atomic E-state index is 12.9. The average Bonchev–Trinajstić information content (AvgIpc) is 2.55. The van der Waals surface area contributed by atoms with E-state index in [1.54, 1.807) is 12.1 Å². The van der Waals surface area contributed by atoms with Crippen LogP contribution < -0.4 is 5.32 Å². The first-order chi connectivity index (χ1) is 11.3. The quantitative estimate of drug-likeness (QED) is 0.861. The summed E-state index contributed by atoms with van der Waals surface area (Å²) in [6.45, 7) is 0. The van der Waals surface area contributed by atoms with Crippen LogP contribution in [0.2, 0.25) is 0 Å². The molecule has 1 aromatic carbocycles. The second-order valence-corrected chi connectivity index (χ2v) is 6.74. The summed E-state index contributed by atoms with van der Waals surface area (Å²) < 4.78 is 38.6. The predicted octanol–water partition coefficient (Wildman–Crippen LogP) is 4.51. The first-order valence-electron chi connectivity index (χ1n) is 8.38. The number of nitrogens with one attached hydrogen (secondary N) is 1. The highest BCUT2D eigenvalue weighted by Gasteiger charge is 2.43. The fourth-order valence-electron chi connectivity index (χ4n) is 3.68. The number of alkyl halides is 3. The predicted molar refractivity (Wildman–Crippen MR) is 83.8 cm³/mol. The molecule has 0 aliphatic heterocycles. The molecule has 1 fully saturated rings. The standard InChI is InChI=1S/C18H20F3NO2/c19-18(20,21)13-5-1-4-12(9-13)17(24)22-14-8-7-11-3-2-6-16(23)15(11)10-14/h7-8,10,12-13H,1-6,9H2,(H,22,24). The Morgan fingerprint density at radius 2 is 1.92 bits per heavy atom. The molecule has 1 saturated carbocycles. The molecule has 1 N–H and O–H groups in total. The maximum atomic E-state index is 12.9. The smallest absolute Gasteiger partial charge is 0.326 e. The number of anilines is 1. The maximum Gasteiger partial charge on any atom is 0.391 e. The normalized spacial score (nSPS) is 24.4. The second kappa shape index (κ2) is 6.57. The van der Waals surface area contributed by atoms with Crippen molar-refractivity contribution in [3.05, 3.63) is 29.3 Å². The molecule has 130 valence electrons. The zero-order valence-corrected chi connectivity index (χ0v) is 13.3. The van der Waals surface area contributed by atoms with Crippen LogP contribution in [0.15, 0.2) is 18.2 Å². The van der Waals surface area contributed by atoms with E-state index in [-0.39, 0.29) is 24.5 Å². The summed E-state index contributed by atoms with van der Waals surface area (Å²) in [7, 11) is 0. The lowest BCUT2D eigenvalue weighted by Gasteiger charge is -2.29. The molecule has 0 saturated heterocycles. The van der Waals surface area contributed by atoms with Gasteiger partial charge in [0, 0.05) is 23.6 Å². The third-order valence-corrected chi connectivity index (χ3v) is 5.04. The topological polar surface area (TPSA) is 46.2 Å². The van der Waals surface area contributed by atoms with Crippen molar-refractivity contribution in [3.8, 4) is 0 Å². The van der Waals surface area contributed by atoms with Crippen molar-refractivity contribution in [2.45, 2.75) is 51.1 Å². The van der Waals surface area contributed by atoms with Crippen LogP contribution in [-0.4, -0.2) is 17.9 Å². The zero-order chi connectivity index (χ0) is 17.3. The summed E-state index contributed by atoms with van der Waals surface area (Å²) in [4.78, 5) is 24.3. The number of aryl methyl sites for hydroxylation is 1. The summed E-state index contributed by atoms with van der Waals surface area (Å²) in [5.74, 6) is -2.35. The lowest BCUT2D eigenvalue weighted by molar-refractivity contribution is -0.185. The van der Waals surface area contributed by atoms with Gasteiger partial charge in [-0.05, 0) is 49.8 Å². The van der Waals surface area contributed by atoms with Crippen molar-refractivity contribution < 1.29 is 22.8 Å².